The first kappa shape index (κ1) is 12.0. The van der Waals surface area contributed by atoms with Gasteiger partial charge in [0.05, 0.1) is 6.61 Å². The summed E-state index contributed by atoms with van der Waals surface area (Å²) in [6, 6.07) is 4.71. The van der Waals surface area contributed by atoms with Gasteiger partial charge >= 0.3 is 7.12 Å². The smallest absolute Gasteiger partial charge is 0.468 e. The van der Waals surface area contributed by atoms with Crippen molar-refractivity contribution in [2.24, 2.45) is 0 Å². The lowest BCUT2D eigenvalue weighted by Gasteiger charge is -2.06. The van der Waals surface area contributed by atoms with Crippen molar-refractivity contribution in [3.8, 4) is 0 Å². The van der Waals surface area contributed by atoms with Gasteiger partial charge in [-0.2, -0.15) is 0 Å². The van der Waals surface area contributed by atoms with Crippen molar-refractivity contribution in [1.29, 1.82) is 0 Å². The third-order valence-electron chi connectivity index (χ3n) is 1.93. The Balaban J connectivity index is 2.70. The minimum absolute atomic E-state index is 0.254. The summed E-state index contributed by atoms with van der Waals surface area (Å²) in [6.45, 7) is 0.629. The van der Waals surface area contributed by atoms with Crippen molar-refractivity contribution in [2.75, 3.05) is 6.61 Å². The Hall–Kier alpha value is -1.04. The van der Waals surface area contributed by atoms with E-state index in [-0.39, 0.29) is 6.61 Å². The molecular weight excluding hydrogens is 218 g/mol. The van der Waals surface area contributed by atoms with E-state index in [4.69, 9.17) is 21.6 Å². The van der Waals surface area contributed by atoms with Crippen molar-refractivity contribution in [3.63, 3.8) is 0 Å². The molecule has 0 aromatic heterocycles. The summed E-state index contributed by atoms with van der Waals surface area (Å²) in [4.78, 5) is 9.90. The fraction of sp³-hybridized carbons (Fsp3) is 0.222. The third-order valence-corrected chi connectivity index (χ3v) is 2.28. The van der Waals surface area contributed by atoms with E-state index in [2.05, 4.69) is 4.74 Å². The molecule has 0 radical (unpaired) electrons. The highest BCUT2D eigenvalue weighted by molar-refractivity contribution is 6.59. The number of ether oxygens (including phenoxy) is 1. The summed E-state index contributed by atoms with van der Waals surface area (Å²) < 4.78 is 4.53. The van der Waals surface area contributed by atoms with E-state index in [1.807, 2.05) is 0 Å². The first-order valence-corrected chi connectivity index (χ1v) is 4.72. The van der Waals surface area contributed by atoms with Crippen LogP contribution in [0.4, 0.5) is 0 Å². The maximum atomic E-state index is 9.90. The van der Waals surface area contributed by atoms with Crippen molar-refractivity contribution in [1.82, 2.24) is 0 Å². The Morgan fingerprint density at radius 2 is 2.20 bits per heavy atom. The molecule has 0 fully saturated rings. The summed E-state index contributed by atoms with van der Waals surface area (Å²) in [6.07, 6.45) is 0.499. The molecule has 2 N–H and O–H groups in total. The van der Waals surface area contributed by atoms with Crippen LogP contribution in [0.1, 0.15) is 5.56 Å². The molecule has 1 aromatic rings. The van der Waals surface area contributed by atoms with Crippen LogP contribution in [0, 0.1) is 0 Å². The molecule has 1 rings (SSSR count). The van der Waals surface area contributed by atoms with E-state index in [1.54, 1.807) is 12.1 Å². The summed E-state index contributed by atoms with van der Waals surface area (Å²) in [7, 11) is -1.53. The van der Waals surface area contributed by atoms with Gasteiger partial charge in [0.25, 0.3) is 6.47 Å². The number of rotatable bonds is 5. The minimum Gasteiger partial charge on any atom is -0.468 e. The Morgan fingerprint density at radius 1 is 1.47 bits per heavy atom. The zero-order chi connectivity index (χ0) is 11.3. The lowest BCUT2D eigenvalue weighted by Crippen LogP contribution is -2.29. The Morgan fingerprint density at radius 3 is 2.73 bits per heavy atom. The second kappa shape index (κ2) is 5.75. The molecule has 4 nitrogen and oxygen atoms in total. The van der Waals surface area contributed by atoms with Crippen LogP contribution in [0.2, 0.25) is 5.02 Å². The van der Waals surface area contributed by atoms with E-state index in [1.165, 1.54) is 6.07 Å². The van der Waals surface area contributed by atoms with E-state index < -0.39 is 7.12 Å². The highest BCUT2D eigenvalue weighted by atomic mass is 35.5. The molecule has 0 heterocycles. The van der Waals surface area contributed by atoms with Gasteiger partial charge in [-0.3, -0.25) is 4.79 Å². The van der Waals surface area contributed by atoms with Gasteiger partial charge < -0.3 is 14.8 Å². The molecule has 0 spiro atoms. The molecule has 0 aliphatic heterocycles. The van der Waals surface area contributed by atoms with Crippen LogP contribution in [0.25, 0.3) is 0 Å². The van der Waals surface area contributed by atoms with E-state index >= 15 is 0 Å². The normalized spacial score (nSPS) is 9.80. The van der Waals surface area contributed by atoms with Gasteiger partial charge in [0, 0.05) is 11.4 Å². The van der Waals surface area contributed by atoms with Crippen molar-refractivity contribution in [2.45, 2.75) is 6.42 Å². The lowest BCUT2D eigenvalue weighted by atomic mass is 9.80. The SMILES string of the molecule is O=COCCc1ccc(B(O)O)cc1Cl. The van der Waals surface area contributed by atoms with Crippen molar-refractivity contribution < 1.29 is 19.6 Å². The number of hydrogen-bond acceptors (Lipinski definition) is 4. The third kappa shape index (κ3) is 3.55. The maximum Gasteiger partial charge on any atom is 0.488 e. The van der Waals surface area contributed by atoms with E-state index in [0.29, 0.717) is 23.4 Å². The maximum absolute atomic E-state index is 9.90. The fourth-order valence-corrected chi connectivity index (χ4v) is 1.43. The highest BCUT2D eigenvalue weighted by Crippen LogP contribution is 2.14. The number of benzene rings is 1. The van der Waals surface area contributed by atoms with Crippen LogP contribution < -0.4 is 5.46 Å². The van der Waals surface area contributed by atoms with Crippen LogP contribution in [-0.4, -0.2) is 30.2 Å². The number of carbonyl (C=O) groups is 1. The Kier molecular flexibility index (Phi) is 4.61. The molecule has 0 saturated heterocycles. The summed E-state index contributed by atoms with van der Waals surface area (Å²) in [5.41, 5.74) is 1.13. The molecule has 0 unspecified atom stereocenters. The molecule has 80 valence electrons. The second-order valence-electron chi connectivity index (χ2n) is 2.94. The largest absolute Gasteiger partial charge is 0.488 e. The molecule has 0 aliphatic carbocycles. The summed E-state index contributed by atoms with van der Waals surface area (Å²) in [5, 5.41) is 18.2. The molecule has 0 atom stereocenters. The number of carbonyl (C=O) groups excluding carboxylic acids is 1. The molecule has 0 saturated carbocycles. The number of hydrogen-bond donors (Lipinski definition) is 2. The van der Waals surface area contributed by atoms with Gasteiger partial charge in [-0.15, -0.1) is 0 Å². The first-order valence-electron chi connectivity index (χ1n) is 4.35. The average Bonchev–Trinajstić information content (AvgIpc) is 2.20. The van der Waals surface area contributed by atoms with Gasteiger partial charge in [-0.25, -0.2) is 0 Å². The molecule has 0 amide bonds. The Labute approximate surface area is 92.6 Å². The second-order valence-corrected chi connectivity index (χ2v) is 3.35. The van der Waals surface area contributed by atoms with Crippen LogP contribution in [0.15, 0.2) is 18.2 Å². The summed E-state index contributed by atoms with van der Waals surface area (Å²) in [5.74, 6) is 0. The topological polar surface area (TPSA) is 66.8 Å². The van der Waals surface area contributed by atoms with Gasteiger partial charge in [-0.1, -0.05) is 23.7 Å². The molecule has 15 heavy (non-hydrogen) atoms. The summed E-state index contributed by atoms with van der Waals surface area (Å²) >= 11 is 5.89. The molecular formula is C9H10BClO4. The first-order chi connectivity index (χ1) is 7.15. The Bertz CT molecular complexity index is 343. The van der Waals surface area contributed by atoms with Gasteiger partial charge in [0.15, 0.2) is 0 Å². The zero-order valence-corrected chi connectivity index (χ0v) is 8.65. The van der Waals surface area contributed by atoms with Gasteiger partial charge in [-0.05, 0) is 17.1 Å². The minimum atomic E-state index is -1.53. The predicted octanol–water partition coefficient (Wildman–Crippen LogP) is -0.265. The standard InChI is InChI=1S/C9H10BClO4/c11-9-5-8(10(13)14)2-1-7(9)3-4-15-6-12/h1-2,5-6,13-14H,3-4H2. The molecule has 6 heteroatoms. The zero-order valence-electron chi connectivity index (χ0n) is 7.89. The van der Waals surface area contributed by atoms with Crippen LogP contribution in [-0.2, 0) is 16.0 Å². The fourth-order valence-electron chi connectivity index (χ4n) is 1.14. The highest BCUT2D eigenvalue weighted by Gasteiger charge is 2.12. The van der Waals surface area contributed by atoms with Crippen LogP contribution in [0.5, 0.6) is 0 Å². The average molecular weight is 228 g/mol. The van der Waals surface area contributed by atoms with Crippen LogP contribution in [0.3, 0.4) is 0 Å². The monoisotopic (exact) mass is 228 g/mol. The molecule has 1 aromatic carbocycles. The lowest BCUT2D eigenvalue weighted by molar-refractivity contribution is -0.128. The number of halogens is 1. The van der Waals surface area contributed by atoms with Gasteiger partial charge in [0.1, 0.15) is 0 Å². The van der Waals surface area contributed by atoms with Crippen molar-refractivity contribution in [3.05, 3.63) is 28.8 Å². The molecule has 0 bridgehead atoms. The van der Waals surface area contributed by atoms with Gasteiger partial charge in [0.2, 0.25) is 0 Å². The molecule has 0 aliphatic rings. The van der Waals surface area contributed by atoms with E-state index in [0.717, 1.165) is 5.56 Å². The predicted molar refractivity (Wildman–Crippen MR) is 57.0 cm³/mol. The van der Waals surface area contributed by atoms with Crippen LogP contribution >= 0.6 is 11.6 Å². The quantitative estimate of drug-likeness (QED) is 0.414. The van der Waals surface area contributed by atoms with E-state index in [9.17, 15) is 4.79 Å². The van der Waals surface area contributed by atoms with Crippen molar-refractivity contribution >= 4 is 30.7 Å².